The van der Waals surface area contributed by atoms with Crippen LogP contribution < -0.4 is 10.6 Å². The van der Waals surface area contributed by atoms with Crippen LogP contribution in [0.1, 0.15) is 38.0 Å². The van der Waals surface area contributed by atoms with Crippen LogP contribution in [0.3, 0.4) is 0 Å². The van der Waals surface area contributed by atoms with Crippen LogP contribution in [0, 0.1) is 11.6 Å². The zero-order valence-corrected chi connectivity index (χ0v) is 18.5. The second kappa shape index (κ2) is 9.38. The average molecular weight is 469 g/mol. The lowest BCUT2D eigenvalue weighted by Gasteiger charge is -2.27. The number of carbonyl (C=O) groups is 2. The van der Waals surface area contributed by atoms with E-state index >= 15 is 0 Å². The Bertz CT molecular complexity index is 1390. The van der Waals surface area contributed by atoms with E-state index < -0.39 is 17.9 Å². The summed E-state index contributed by atoms with van der Waals surface area (Å²) >= 11 is 0. The van der Waals surface area contributed by atoms with Crippen LogP contribution in [0.4, 0.5) is 20.2 Å². The predicted octanol–water partition coefficient (Wildman–Crippen LogP) is 5.98. The van der Waals surface area contributed by atoms with E-state index in [1.54, 1.807) is 59.5 Å². The fraction of sp³-hybridized carbons (Fsp3) is 0.0714. The van der Waals surface area contributed by atoms with E-state index in [9.17, 15) is 18.4 Å². The summed E-state index contributed by atoms with van der Waals surface area (Å²) in [5, 5.41) is 5.94. The minimum Gasteiger partial charge on any atom is -0.361 e. The van der Waals surface area contributed by atoms with Gasteiger partial charge in [-0.2, -0.15) is 0 Å². The van der Waals surface area contributed by atoms with Crippen LogP contribution in [0.25, 0.3) is 0 Å². The maximum Gasteiger partial charge on any atom is 0.256 e. The SMILES string of the molecule is O=C(Nc1ccccc1F)c1ccc(NC2c3ccccc3C(=O)N2Cc2ccc(F)cc2)cc1. The Morgan fingerprint density at radius 3 is 2.26 bits per heavy atom. The van der Waals surface area contributed by atoms with Crippen LogP contribution >= 0.6 is 0 Å². The third-order valence-electron chi connectivity index (χ3n) is 5.90. The number of nitrogens with one attached hydrogen (secondary N) is 2. The lowest BCUT2D eigenvalue weighted by atomic mass is 10.1. The van der Waals surface area contributed by atoms with Crippen molar-refractivity contribution < 1.29 is 18.4 Å². The highest BCUT2D eigenvalue weighted by Gasteiger charge is 2.36. The molecule has 2 N–H and O–H groups in total. The van der Waals surface area contributed by atoms with Crippen molar-refractivity contribution in [2.75, 3.05) is 10.6 Å². The normalized spacial score (nSPS) is 14.5. The van der Waals surface area contributed by atoms with Crippen LogP contribution in [-0.4, -0.2) is 16.7 Å². The number of carbonyl (C=O) groups excluding carboxylic acids is 2. The number of hydrogen-bond acceptors (Lipinski definition) is 3. The summed E-state index contributed by atoms with van der Waals surface area (Å²) in [6.07, 6.45) is -0.443. The summed E-state index contributed by atoms with van der Waals surface area (Å²) in [4.78, 5) is 27.4. The summed E-state index contributed by atoms with van der Waals surface area (Å²) in [6, 6.07) is 26.1. The molecular formula is C28H21F2N3O2. The maximum absolute atomic E-state index is 13.8. The molecule has 0 spiro atoms. The van der Waals surface area contributed by atoms with Gasteiger partial charge < -0.3 is 15.5 Å². The van der Waals surface area contributed by atoms with Crippen LogP contribution in [0.5, 0.6) is 0 Å². The van der Waals surface area contributed by atoms with Crippen molar-refractivity contribution in [1.82, 2.24) is 4.90 Å². The van der Waals surface area contributed by atoms with Gasteiger partial charge in [-0.25, -0.2) is 8.78 Å². The number of halogens is 2. The Balaban J connectivity index is 1.36. The molecule has 1 aliphatic rings. The third-order valence-corrected chi connectivity index (χ3v) is 5.90. The van der Waals surface area contributed by atoms with Gasteiger partial charge in [-0.3, -0.25) is 9.59 Å². The van der Waals surface area contributed by atoms with E-state index in [0.29, 0.717) is 23.4 Å². The summed E-state index contributed by atoms with van der Waals surface area (Å²) in [5.74, 6) is -1.40. The van der Waals surface area contributed by atoms with E-state index in [1.807, 2.05) is 18.2 Å². The lowest BCUT2D eigenvalue weighted by Crippen LogP contribution is -2.31. The first kappa shape index (κ1) is 22.3. The molecule has 174 valence electrons. The molecule has 0 radical (unpaired) electrons. The minimum atomic E-state index is -0.509. The van der Waals surface area contributed by atoms with Gasteiger partial charge in [-0.15, -0.1) is 0 Å². The molecule has 0 bridgehead atoms. The molecule has 1 heterocycles. The van der Waals surface area contributed by atoms with Crippen molar-refractivity contribution in [3.8, 4) is 0 Å². The van der Waals surface area contributed by atoms with Gasteiger partial charge in [0, 0.05) is 28.9 Å². The summed E-state index contributed by atoms with van der Waals surface area (Å²) in [5.41, 5.74) is 3.42. The van der Waals surface area contributed by atoms with Crippen LogP contribution in [0.15, 0.2) is 97.1 Å². The molecular weight excluding hydrogens is 448 g/mol. The van der Waals surface area contributed by atoms with Crippen molar-refractivity contribution >= 4 is 23.2 Å². The minimum absolute atomic E-state index is 0.109. The van der Waals surface area contributed by atoms with E-state index in [4.69, 9.17) is 0 Å². The third kappa shape index (κ3) is 4.61. The first-order chi connectivity index (χ1) is 17.0. The van der Waals surface area contributed by atoms with Crippen molar-refractivity contribution in [2.45, 2.75) is 12.7 Å². The standard InChI is InChI=1S/C28H21F2N3O2/c29-20-13-9-18(10-14-20)17-33-26(22-5-1-2-6-23(22)28(33)35)31-21-15-11-19(12-16-21)27(34)32-25-8-4-3-7-24(25)30/h1-16,26,31H,17H2,(H,32,34). The molecule has 35 heavy (non-hydrogen) atoms. The van der Waals surface area contributed by atoms with Gasteiger partial charge in [-0.1, -0.05) is 42.5 Å². The molecule has 0 aliphatic carbocycles. The fourth-order valence-electron chi connectivity index (χ4n) is 4.11. The fourth-order valence-corrected chi connectivity index (χ4v) is 4.11. The number of rotatable bonds is 6. The maximum atomic E-state index is 13.8. The van der Waals surface area contributed by atoms with Crippen molar-refractivity contribution in [2.24, 2.45) is 0 Å². The van der Waals surface area contributed by atoms with Gasteiger partial charge in [0.05, 0.1) is 5.69 Å². The topological polar surface area (TPSA) is 61.4 Å². The molecule has 1 unspecified atom stereocenters. The number of hydrogen-bond donors (Lipinski definition) is 2. The largest absolute Gasteiger partial charge is 0.361 e. The molecule has 0 saturated carbocycles. The predicted molar refractivity (Wildman–Crippen MR) is 130 cm³/mol. The molecule has 5 rings (SSSR count). The smallest absolute Gasteiger partial charge is 0.256 e. The number of benzene rings is 4. The van der Waals surface area contributed by atoms with Crippen molar-refractivity contribution in [3.05, 3.63) is 131 Å². The second-order valence-corrected chi connectivity index (χ2v) is 8.20. The van der Waals surface area contributed by atoms with Crippen molar-refractivity contribution in [3.63, 3.8) is 0 Å². The number of nitrogens with zero attached hydrogens (tertiary/aromatic N) is 1. The molecule has 0 saturated heterocycles. The average Bonchev–Trinajstić information content (AvgIpc) is 3.13. The molecule has 1 aliphatic heterocycles. The number of amides is 2. The Labute approximate surface area is 201 Å². The monoisotopic (exact) mass is 469 g/mol. The van der Waals surface area contributed by atoms with Gasteiger partial charge in [0.25, 0.3) is 11.8 Å². The first-order valence-electron chi connectivity index (χ1n) is 11.1. The first-order valence-corrected chi connectivity index (χ1v) is 11.1. The van der Waals surface area contributed by atoms with Crippen LogP contribution in [0.2, 0.25) is 0 Å². The highest BCUT2D eigenvalue weighted by Crippen LogP contribution is 2.35. The van der Waals surface area contributed by atoms with E-state index in [-0.39, 0.29) is 17.4 Å². The molecule has 2 amide bonds. The highest BCUT2D eigenvalue weighted by molar-refractivity contribution is 6.04. The van der Waals surface area contributed by atoms with Crippen molar-refractivity contribution in [1.29, 1.82) is 0 Å². The summed E-state index contributed by atoms with van der Waals surface area (Å²) in [6.45, 7) is 0.300. The summed E-state index contributed by atoms with van der Waals surface area (Å²) in [7, 11) is 0. The van der Waals surface area contributed by atoms with Gasteiger partial charge in [0.15, 0.2) is 0 Å². The molecule has 7 heteroatoms. The molecule has 4 aromatic rings. The van der Waals surface area contributed by atoms with Gasteiger partial charge >= 0.3 is 0 Å². The second-order valence-electron chi connectivity index (χ2n) is 8.20. The number of anilines is 2. The molecule has 5 nitrogen and oxygen atoms in total. The molecule has 0 fully saturated rings. The Morgan fingerprint density at radius 2 is 1.51 bits per heavy atom. The van der Waals surface area contributed by atoms with Gasteiger partial charge in [0.2, 0.25) is 0 Å². The van der Waals surface area contributed by atoms with E-state index in [1.165, 1.54) is 24.3 Å². The Hall–Kier alpha value is -4.52. The molecule has 0 aromatic heterocycles. The van der Waals surface area contributed by atoms with Gasteiger partial charge in [0.1, 0.15) is 17.8 Å². The lowest BCUT2D eigenvalue weighted by molar-refractivity contribution is 0.0728. The quantitative estimate of drug-likeness (QED) is 0.365. The van der Waals surface area contributed by atoms with E-state index in [0.717, 1.165) is 11.1 Å². The van der Waals surface area contributed by atoms with Crippen LogP contribution in [-0.2, 0) is 6.54 Å². The van der Waals surface area contributed by atoms with E-state index in [2.05, 4.69) is 10.6 Å². The number of para-hydroxylation sites is 1. The Kier molecular flexibility index (Phi) is 5.97. The molecule has 1 atom stereocenters. The zero-order valence-electron chi connectivity index (χ0n) is 18.5. The summed E-state index contributed by atoms with van der Waals surface area (Å²) < 4.78 is 27.2. The Morgan fingerprint density at radius 1 is 0.829 bits per heavy atom. The zero-order chi connectivity index (χ0) is 24.4. The highest BCUT2D eigenvalue weighted by atomic mass is 19.1. The number of fused-ring (bicyclic) bond motifs is 1. The van der Waals surface area contributed by atoms with Gasteiger partial charge in [-0.05, 0) is 60.2 Å². The molecule has 4 aromatic carbocycles.